The zero-order valence-electron chi connectivity index (χ0n) is 15.7. The largest absolute Gasteiger partial charge is 0.508 e. The summed E-state index contributed by atoms with van der Waals surface area (Å²) in [6.45, 7) is 5.43. The van der Waals surface area contributed by atoms with Gasteiger partial charge in [0.15, 0.2) is 0 Å². The van der Waals surface area contributed by atoms with Gasteiger partial charge in [0.25, 0.3) is 0 Å². The van der Waals surface area contributed by atoms with E-state index in [1.165, 1.54) is 18.2 Å². The van der Waals surface area contributed by atoms with Crippen LogP contribution >= 0.6 is 0 Å². The molecular formula is C18H23FN2O5S2. The summed E-state index contributed by atoms with van der Waals surface area (Å²) in [5.41, 5.74) is 0.0592. The molecule has 0 aromatic heterocycles. The van der Waals surface area contributed by atoms with Gasteiger partial charge in [-0.05, 0) is 35.1 Å². The first-order chi connectivity index (χ1) is 12.7. The van der Waals surface area contributed by atoms with Crippen molar-refractivity contribution in [1.82, 2.24) is 0 Å². The number of para-hydroxylation sites is 1. The maximum Gasteiger partial charge on any atom is 0.240 e. The van der Waals surface area contributed by atoms with E-state index in [1.54, 1.807) is 6.07 Å². The van der Waals surface area contributed by atoms with E-state index in [0.29, 0.717) is 5.56 Å². The molecule has 2 rings (SSSR count). The van der Waals surface area contributed by atoms with Gasteiger partial charge in [0.2, 0.25) is 20.0 Å². The molecule has 0 aliphatic heterocycles. The number of benzene rings is 2. The van der Waals surface area contributed by atoms with E-state index in [1.807, 2.05) is 20.8 Å². The van der Waals surface area contributed by atoms with Crippen LogP contribution in [-0.4, -0.2) is 27.7 Å². The van der Waals surface area contributed by atoms with Crippen molar-refractivity contribution in [3.05, 3.63) is 53.3 Å². The van der Waals surface area contributed by atoms with Crippen molar-refractivity contribution in [1.29, 1.82) is 0 Å². The summed E-state index contributed by atoms with van der Waals surface area (Å²) in [6.07, 6.45) is -0.0934. The van der Waals surface area contributed by atoms with Gasteiger partial charge in [0, 0.05) is 6.07 Å². The lowest BCUT2D eigenvalue weighted by Crippen LogP contribution is -2.25. The maximum absolute atomic E-state index is 13.1. The molecule has 4 N–H and O–H groups in total. The average Bonchev–Trinajstić information content (AvgIpc) is 2.51. The molecule has 0 unspecified atom stereocenters. The minimum absolute atomic E-state index is 0.0934. The molecule has 0 spiro atoms. The van der Waals surface area contributed by atoms with Gasteiger partial charge in [-0.15, -0.1) is 0 Å². The highest BCUT2D eigenvalue weighted by Crippen LogP contribution is 2.34. The number of nitrogens with two attached hydrogens (primary N) is 1. The first-order valence-electron chi connectivity index (χ1n) is 8.35. The van der Waals surface area contributed by atoms with E-state index >= 15 is 0 Å². The normalized spacial score (nSPS) is 12.8. The summed E-state index contributed by atoms with van der Waals surface area (Å²) in [7, 11) is -8.18. The third-order valence-electron chi connectivity index (χ3n) is 4.09. The lowest BCUT2D eigenvalue weighted by atomic mass is 9.86. The van der Waals surface area contributed by atoms with Crippen LogP contribution in [-0.2, 0) is 31.9 Å². The predicted molar refractivity (Wildman–Crippen MR) is 106 cm³/mol. The number of primary sulfonamides is 1. The highest BCUT2D eigenvalue weighted by Gasteiger charge is 2.27. The first kappa shape index (κ1) is 22.1. The van der Waals surface area contributed by atoms with E-state index < -0.39 is 37.0 Å². The van der Waals surface area contributed by atoms with Crippen LogP contribution in [0.25, 0.3) is 0 Å². The Morgan fingerprint density at radius 2 is 1.75 bits per heavy atom. The number of anilines is 1. The van der Waals surface area contributed by atoms with Crippen LogP contribution in [0.1, 0.15) is 31.9 Å². The number of phenols is 1. The first-order valence-corrected chi connectivity index (χ1v) is 11.5. The molecule has 2 aromatic carbocycles. The van der Waals surface area contributed by atoms with Gasteiger partial charge >= 0.3 is 0 Å². The molecule has 28 heavy (non-hydrogen) atoms. The Kier molecular flexibility index (Phi) is 6.07. The molecule has 0 fully saturated rings. The number of hydrogen-bond acceptors (Lipinski definition) is 5. The van der Waals surface area contributed by atoms with Crippen LogP contribution in [0.5, 0.6) is 5.75 Å². The Hall–Kier alpha value is -2.17. The lowest BCUT2D eigenvalue weighted by molar-refractivity contribution is 0.462. The smallest absolute Gasteiger partial charge is 0.240 e. The minimum atomic E-state index is -4.18. The van der Waals surface area contributed by atoms with Crippen LogP contribution in [0.15, 0.2) is 41.3 Å². The van der Waals surface area contributed by atoms with Gasteiger partial charge < -0.3 is 5.11 Å². The number of nitrogens with one attached hydrogen (secondary N) is 1. The Labute approximate surface area is 164 Å². The molecule has 0 aliphatic carbocycles. The van der Waals surface area contributed by atoms with Crippen molar-refractivity contribution in [2.24, 2.45) is 5.14 Å². The van der Waals surface area contributed by atoms with Crippen LogP contribution < -0.4 is 9.86 Å². The van der Waals surface area contributed by atoms with E-state index in [-0.39, 0.29) is 28.3 Å². The Balaban J connectivity index is 2.40. The molecule has 154 valence electrons. The molecule has 0 atom stereocenters. The second-order valence-corrected chi connectivity index (χ2v) is 10.8. The van der Waals surface area contributed by atoms with Gasteiger partial charge in [-0.3, -0.25) is 4.72 Å². The molecule has 7 nitrogen and oxygen atoms in total. The second-order valence-electron chi connectivity index (χ2n) is 7.42. The Morgan fingerprint density at radius 3 is 2.29 bits per heavy atom. The molecule has 0 aliphatic rings. The van der Waals surface area contributed by atoms with Crippen molar-refractivity contribution >= 4 is 25.7 Å². The fraction of sp³-hybridized carbons (Fsp3) is 0.333. The number of halogens is 1. The summed E-state index contributed by atoms with van der Waals surface area (Å²) < 4.78 is 64.5. The third kappa shape index (κ3) is 5.43. The molecule has 10 heteroatoms. The van der Waals surface area contributed by atoms with Crippen LogP contribution in [0.2, 0.25) is 0 Å². The lowest BCUT2D eigenvalue weighted by Gasteiger charge is -2.25. The predicted octanol–water partition coefficient (Wildman–Crippen LogP) is 2.46. The minimum Gasteiger partial charge on any atom is -0.508 e. The number of aryl methyl sites for hydroxylation is 1. The summed E-state index contributed by atoms with van der Waals surface area (Å²) >= 11 is 0. The average molecular weight is 431 g/mol. The number of rotatable bonds is 6. The van der Waals surface area contributed by atoms with Crippen LogP contribution in [0.3, 0.4) is 0 Å². The zero-order chi connectivity index (χ0) is 21.3. The van der Waals surface area contributed by atoms with E-state index in [2.05, 4.69) is 4.72 Å². The molecule has 0 heterocycles. The fourth-order valence-corrected chi connectivity index (χ4v) is 4.60. The van der Waals surface area contributed by atoms with Crippen molar-refractivity contribution in [3.63, 3.8) is 0 Å². The van der Waals surface area contributed by atoms with E-state index in [9.17, 15) is 26.3 Å². The quantitative estimate of drug-likeness (QED) is 0.649. The summed E-state index contributed by atoms with van der Waals surface area (Å²) in [5.74, 6) is -1.44. The highest BCUT2D eigenvalue weighted by atomic mass is 32.2. The zero-order valence-corrected chi connectivity index (χ0v) is 17.4. The van der Waals surface area contributed by atoms with Gasteiger partial charge in [-0.1, -0.05) is 39.0 Å². The Bertz CT molecular complexity index is 1090. The van der Waals surface area contributed by atoms with Gasteiger partial charge in [0.05, 0.1) is 11.4 Å². The monoisotopic (exact) mass is 430 g/mol. The molecule has 0 saturated carbocycles. The molecule has 0 bridgehead atoms. The van der Waals surface area contributed by atoms with E-state index in [4.69, 9.17) is 5.14 Å². The molecule has 2 aromatic rings. The molecule has 0 saturated heterocycles. The van der Waals surface area contributed by atoms with Crippen LogP contribution in [0.4, 0.5) is 10.1 Å². The van der Waals surface area contributed by atoms with Gasteiger partial charge in [-0.2, -0.15) is 0 Å². The van der Waals surface area contributed by atoms with Crippen molar-refractivity contribution in [2.75, 3.05) is 10.5 Å². The standard InChI is InChI=1S/C18H23FN2O5S2/c1-18(2,3)14-5-4-6-16(28(20,25)26)17(14)21-27(23,24)10-9-12-7-8-13(19)11-15(12)22/h4-8,11,21-22H,9-10H2,1-3H3,(H2,20,25,26). The molecular weight excluding hydrogens is 407 g/mol. The maximum atomic E-state index is 13.1. The second kappa shape index (κ2) is 7.69. The topological polar surface area (TPSA) is 127 Å². The third-order valence-corrected chi connectivity index (χ3v) is 6.30. The number of sulfonamides is 2. The SMILES string of the molecule is CC(C)(C)c1cccc(S(N)(=O)=O)c1NS(=O)(=O)CCc1ccc(F)cc1O. The molecule has 0 radical (unpaired) electrons. The van der Waals surface area contributed by atoms with Crippen molar-refractivity contribution < 1.29 is 26.3 Å². The summed E-state index contributed by atoms with van der Waals surface area (Å²) in [5, 5.41) is 15.0. The number of phenolic OH excluding ortho intramolecular Hbond substituents is 1. The van der Waals surface area contributed by atoms with Crippen molar-refractivity contribution in [3.8, 4) is 5.75 Å². The number of aromatic hydroxyl groups is 1. The van der Waals surface area contributed by atoms with Gasteiger partial charge in [-0.25, -0.2) is 26.4 Å². The summed E-state index contributed by atoms with van der Waals surface area (Å²) in [6, 6.07) is 7.65. The fourth-order valence-electron chi connectivity index (χ4n) is 2.70. The van der Waals surface area contributed by atoms with E-state index in [0.717, 1.165) is 12.1 Å². The van der Waals surface area contributed by atoms with Gasteiger partial charge in [0.1, 0.15) is 16.5 Å². The highest BCUT2D eigenvalue weighted by molar-refractivity contribution is 7.93. The van der Waals surface area contributed by atoms with Crippen LogP contribution in [0, 0.1) is 5.82 Å². The molecule has 0 amide bonds. The Morgan fingerprint density at radius 1 is 1.11 bits per heavy atom. The van der Waals surface area contributed by atoms with Crippen molar-refractivity contribution in [2.45, 2.75) is 37.5 Å². The number of hydrogen-bond donors (Lipinski definition) is 3. The summed E-state index contributed by atoms with van der Waals surface area (Å²) in [4.78, 5) is -0.326.